The first-order valence-electron chi connectivity index (χ1n) is 5.70. The van der Waals surface area contributed by atoms with Gasteiger partial charge >= 0.3 is 0 Å². The molecule has 0 aromatic heterocycles. The van der Waals surface area contributed by atoms with Crippen LogP contribution in [0.15, 0.2) is 18.2 Å². The molecule has 1 rings (SSSR count). The van der Waals surface area contributed by atoms with Gasteiger partial charge in [-0.25, -0.2) is 0 Å². The van der Waals surface area contributed by atoms with Crippen LogP contribution >= 0.6 is 0 Å². The Morgan fingerprint density at radius 1 is 1.07 bits per heavy atom. The lowest BCUT2D eigenvalue weighted by molar-refractivity contribution is 1.09. The van der Waals surface area contributed by atoms with Gasteiger partial charge in [0.05, 0.1) is 0 Å². The molecular weight excluding hydrogens is 180 g/mol. The molecule has 0 radical (unpaired) electrons. The lowest BCUT2D eigenvalue weighted by Gasteiger charge is -1.99. The Labute approximate surface area is 95.7 Å². The maximum absolute atomic E-state index is 5.30. The second-order valence-electron chi connectivity index (χ2n) is 3.12. The molecule has 0 amide bonds. The third kappa shape index (κ3) is 6.80. The van der Waals surface area contributed by atoms with Gasteiger partial charge in [0.25, 0.3) is 0 Å². The highest BCUT2D eigenvalue weighted by molar-refractivity contribution is 5.44. The number of hydrogen-bond acceptors (Lipinski definition) is 0. The summed E-state index contributed by atoms with van der Waals surface area (Å²) in [6.45, 7) is 12.3. The van der Waals surface area contributed by atoms with Crippen molar-refractivity contribution >= 4 is 0 Å². The van der Waals surface area contributed by atoms with Crippen LogP contribution in [0.2, 0.25) is 0 Å². The maximum Gasteiger partial charge on any atom is 0.0301 e. The molecule has 0 saturated heterocycles. The van der Waals surface area contributed by atoms with Crippen molar-refractivity contribution in [2.45, 2.75) is 48.0 Å². The summed E-state index contributed by atoms with van der Waals surface area (Å²) in [5.41, 5.74) is 3.40. The van der Waals surface area contributed by atoms with Crippen LogP contribution in [0.3, 0.4) is 0 Å². The third-order valence-corrected chi connectivity index (χ3v) is 1.63. The molecule has 0 saturated carbocycles. The summed E-state index contributed by atoms with van der Waals surface area (Å²) in [7, 11) is 0. The predicted molar refractivity (Wildman–Crippen MR) is 71.2 cm³/mol. The van der Waals surface area contributed by atoms with Crippen LogP contribution in [0, 0.1) is 26.2 Å². The molecule has 0 unspecified atom stereocenters. The van der Waals surface area contributed by atoms with E-state index in [2.05, 4.69) is 19.8 Å². The van der Waals surface area contributed by atoms with Crippen LogP contribution in [0.1, 0.15) is 50.8 Å². The first-order chi connectivity index (χ1) is 7.17. The number of terminal acetylenes is 1. The first-order valence-corrected chi connectivity index (χ1v) is 5.70. The second kappa shape index (κ2) is 10.9. The van der Waals surface area contributed by atoms with E-state index in [1.165, 1.54) is 17.5 Å². The van der Waals surface area contributed by atoms with Gasteiger partial charge < -0.3 is 0 Å². The van der Waals surface area contributed by atoms with E-state index >= 15 is 0 Å². The van der Waals surface area contributed by atoms with E-state index in [9.17, 15) is 0 Å². The van der Waals surface area contributed by atoms with Crippen molar-refractivity contribution in [2.24, 2.45) is 0 Å². The quantitative estimate of drug-likeness (QED) is 0.536. The highest BCUT2D eigenvalue weighted by Gasteiger charge is 1.95. The standard InChI is InChI=1S/C10H10.C3H8.C2H6/c1-4-10-8(2)6-5-7-9(10)3;1-3-2;1-2/h1,5-7H,2-3H3;3H2,1-2H3;1-2H3. The van der Waals surface area contributed by atoms with E-state index in [0.29, 0.717) is 0 Å². The monoisotopic (exact) mass is 204 g/mol. The molecule has 0 fully saturated rings. The van der Waals surface area contributed by atoms with Crippen molar-refractivity contribution in [1.82, 2.24) is 0 Å². The fourth-order valence-corrected chi connectivity index (χ4v) is 1.04. The average Bonchev–Trinajstić information content (AvgIpc) is 2.22. The highest BCUT2D eigenvalue weighted by atomic mass is 14.0. The van der Waals surface area contributed by atoms with Crippen LogP contribution in [0.5, 0.6) is 0 Å². The summed E-state index contributed by atoms with van der Waals surface area (Å²) in [6, 6.07) is 6.08. The Balaban J connectivity index is 0. The van der Waals surface area contributed by atoms with Crippen LogP contribution in [0.25, 0.3) is 0 Å². The Bertz CT molecular complexity index is 269. The minimum absolute atomic E-state index is 1.03. The molecule has 15 heavy (non-hydrogen) atoms. The Hall–Kier alpha value is -1.22. The third-order valence-electron chi connectivity index (χ3n) is 1.63. The fraction of sp³-hybridized carbons (Fsp3) is 0.467. The number of hydrogen-bond donors (Lipinski definition) is 0. The van der Waals surface area contributed by atoms with E-state index in [4.69, 9.17) is 6.42 Å². The number of rotatable bonds is 0. The number of aryl methyl sites for hydroxylation is 2. The highest BCUT2D eigenvalue weighted by Crippen LogP contribution is 2.10. The van der Waals surface area contributed by atoms with Gasteiger partial charge in [0, 0.05) is 5.56 Å². The van der Waals surface area contributed by atoms with Crippen molar-refractivity contribution in [3.05, 3.63) is 34.9 Å². The zero-order valence-corrected chi connectivity index (χ0v) is 11.0. The normalized spacial score (nSPS) is 7.53. The molecule has 0 heterocycles. The molecule has 0 N–H and O–H groups in total. The first kappa shape index (κ1) is 16.2. The molecule has 1 aromatic carbocycles. The summed E-state index contributed by atoms with van der Waals surface area (Å²) < 4.78 is 0. The zero-order valence-electron chi connectivity index (χ0n) is 11.0. The molecule has 0 aliphatic rings. The topological polar surface area (TPSA) is 0 Å². The van der Waals surface area contributed by atoms with Crippen molar-refractivity contribution in [3.8, 4) is 12.3 Å². The summed E-state index contributed by atoms with van der Waals surface area (Å²) in [5, 5.41) is 0. The minimum atomic E-state index is 1.03. The number of benzene rings is 1. The Kier molecular flexibility index (Phi) is 11.7. The largest absolute Gasteiger partial charge is 0.115 e. The van der Waals surface area contributed by atoms with Gasteiger partial charge in [0.15, 0.2) is 0 Å². The zero-order chi connectivity index (χ0) is 12.3. The molecule has 84 valence electrons. The smallest absolute Gasteiger partial charge is 0.0301 e. The Morgan fingerprint density at radius 3 is 1.60 bits per heavy atom. The molecule has 0 atom stereocenters. The molecular formula is C15H24. The molecule has 0 aliphatic carbocycles. The van der Waals surface area contributed by atoms with Gasteiger partial charge in [-0.1, -0.05) is 58.2 Å². The average molecular weight is 204 g/mol. The SMILES string of the molecule is C#Cc1c(C)cccc1C.CC.CCC. The summed E-state index contributed by atoms with van der Waals surface area (Å²) in [5.74, 6) is 2.66. The van der Waals surface area contributed by atoms with E-state index in [-0.39, 0.29) is 0 Å². The van der Waals surface area contributed by atoms with Crippen LogP contribution in [-0.2, 0) is 0 Å². The van der Waals surface area contributed by atoms with Crippen LogP contribution < -0.4 is 0 Å². The molecule has 0 nitrogen and oxygen atoms in total. The van der Waals surface area contributed by atoms with Crippen molar-refractivity contribution in [3.63, 3.8) is 0 Å². The van der Waals surface area contributed by atoms with E-state index in [0.717, 1.165) is 5.56 Å². The second-order valence-corrected chi connectivity index (χ2v) is 3.12. The van der Waals surface area contributed by atoms with Crippen molar-refractivity contribution < 1.29 is 0 Å². The predicted octanol–water partition coefficient (Wildman–Crippen LogP) is 4.73. The van der Waals surface area contributed by atoms with E-state index < -0.39 is 0 Å². The summed E-state index contributed by atoms with van der Waals surface area (Å²) in [6.07, 6.45) is 6.55. The van der Waals surface area contributed by atoms with Gasteiger partial charge in [0.1, 0.15) is 0 Å². The van der Waals surface area contributed by atoms with E-state index in [1.54, 1.807) is 0 Å². The van der Waals surface area contributed by atoms with Gasteiger partial charge in [-0.05, 0) is 25.0 Å². The van der Waals surface area contributed by atoms with Gasteiger partial charge in [-0.15, -0.1) is 6.42 Å². The molecule has 0 aliphatic heterocycles. The molecule has 0 bridgehead atoms. The lowest BCUT2D eigenvalue weighted by atomic mass is 10.0. The summed E-state index contributed by atoms with van der Waals surface area (Å²) in [4.78, 5) is 0. The van der Waals surface area contributed by atoms with Crippen LogP contribution in [0.4, 0.5) is 0 Å². The maximum atomic E-state index is 5.30. The van der Waals surface area contributed by atoms with Gasteiger partial charge in [-0.2, -0.15) is 0 Å². The fourth-order valence-electron chi connectivity index (χ4n) is 1.04. The molecule has 0 heteroatoms. The van der Waals surface area contributed by atoms with Gasteiger partial charge in [-0.3, -0.25) is 0 Å². The van der Waals surface area contributed by atoms with E-state index in [1.807, 2.05) is 45.9 Å². The molecule has 0 spiro atoms. The minimum Gasteiger partial charge on any atom is -0.115 e. The molecule has 1 aromatic rings. The Morgan fingerprint density at radius 2 is 1.40 bits per heavy atom. The van der Waals surface area contributed by atoms with Crippen molar-refractivity contribution in [2.75, 3.05) is 0 Å². The van der Waals surface area contributed by atoms with Crippen LogP contribution in [-0.4, -0.2) is 0 Å². The summed E-state index contributed by atoms with van der Waals surface area (Å²) >= 11 is 0. The lowest BCUT2D eigenvalue weighted by Crippen LogP contribution is -1.84. The van der Waals surface area contributed by atoms with Crippen molar-refractivity contribution in [1.29, 1.82) is 0 Å². The van der Waals surface area contributed by atoms with Gasteiger partial charge in [0.2, 0.25) is 0 Å².